The van der Waals surface area contributed by atoms with Crippen molar-refractivity contribution < 1.29 is 17.9 Å². The number of halogens is 1. The van der Waals surface area contributed by atoms with Gasteiger partial charge in [-0.05, 0) is 12.5 Å². The van der Waals surface area contributed by atoms with Crippen LogP contribution in [-0.2, 0) is 25.1 Å². The van der Waals surface area contributed by atoms with Gasteiger partial charge in [0.05, 0.1) is 12.4 Å². The monoisotopic (exact) mass is 276 g/mol. The first-order valence-corrected chi connectivity index (χ1v) is 7.18. The number of carbonyl (C=O) groups excluding carboxylic acids is 1. The van der Waals surface area contributed by atoms with Gasteiger partial charge in [-0.25, -0.2) is 13.2 Å². The predicted molar refractivity (Wildman–Crippen MR) is 65.3 cm³/mol. The van der Waals surface area contributed by atoms with E-state index < -0.39 is 20.5 Å². The topological polar surface area (TPSA) is 60.4 Å². The van der Waals surface area contributed by atoms with Crippen LogP contribution in [0.1, 0.15) is 12.5 Å². The molecule has 1 atom stereocenters. The van der Waals surface area contributed by atoms with E-state index in [1.54, 1.807) is 37.3 Å². The van der Waals surface area contributed by atoms with Crippen LogP contribution in [-0.4, -0.2) is 25.7 Å². The lowest BCUT2D eigenvalue weighted by atomic mass is 10.2. The quantitative estimate of drug-likeness (QED) is 0.607. The molecule has 6 heteroatoms. The maximum atomic E-state index is 11.8. The SMILES string of the molecule is CCOC(=O)C(Cl)S(=O)(=O)Cc1ccccc1. The lowest BCUT2D eigenvalue weighted by molar-refractivity contribution is -0.140. The molecule has 1 rings (SSSR count). The molecule has 0 radical (unpaired) electrons. The van der Waals surface area contributed by atoms with Crippen molar-refractivity contribution in [2.24, 2.45) is 0 Å². The summed E-state index contributed by atoms with van der Waals surface area (Å²) in [5, 5.41) is 0. The van der Waals surface area contributed by atoms with E-state index in [2.05, 4.69) is 4.74 Å². The van der Waals surface area contributed by atoms with Crippen molar-refractivity contribution in [2.75, 3.05) is 6.61 Å². The molecular formula is C11H13ClO4S. The fourth-order valence-electron chi connectivity index (χ4n) is 1.23. The van der Waals surface area contributed by atoms with Crippen LogP contribution < -0.4 is 0 Å². The molecule has 17 heavy (non-hydrogen) atoms. The maximum absolute atomic E-state index is 11.8. The first-order valence-electron chi connectivity index (χ1n) is 5.03. The Morgan fingerprint density at radius 2 is 1.94 bits per heavy atom. The summed E-state index contributed by atoms with van der Waals surface area (Å²) < 4.78 is 26.5. The molecule has 0 saturated heterocycles. The van der Waals surface area contributed by atoms with Gasteiger partial charge in [-0.15, -0.1) is 0 Å². The summed E-state index contributed by atoms with van der Waals surface area (Å²) in [7, 11) is -3.74. The summed E-state index contributed by atoms with van der Waals surface area (Å²) in [6, 6.07) is 8.54. The fraction of sp³-hybridized carbons (Fsp3) is 0.364. The second kappa shape index (κ2) is 6.02. The van der Waals surface area contributed by atoms with Gasteiger partial charge >= 0.3 is 5.97 Å². The first-order chi connectivity index (χ1) is 7.97. The summed E-state index contributed by atoms with van der Waals surface area (Å²) in [4.78, 5) is 11.2. The van der Waals surface area contributed by atoms with Crippen molar-refractivity contribution in [3.63, 3.8) is 0 Å². The minimum atomic E-state index is -3.74. The van der Waals surface area contributed by atoms with E-state index in [-0.39, 0.29) is 12.4 Å². The average Bonchev–Trinajstić information content (AvgIpc) is 2.29. The Balaban J connectivity index is 2.79. The van der Waals surface area contributed by atoms with Gasteiger partial charge in [0.1, 0.15) is 0 Å². The summed E-state index contributed by atoms with van der Waals surface area (Å²) in [6.45, 7) is 1.69. The summed E-state index contributed by atoms with van der Waals surface area (Å²) in [6.07, 6.45) is 0. The number of benzene rings is 1. The van der Waals surface area contributed by atoms with Crippen LogP contribution in [0.15, 0.2) is 30.3 Å². The lowest BCUT2D eigenvalue weighted by Crippen LogP contribution is -2.28. The molecule has 94 valence electrons. The van der Waals surface area contributed by atoms with Gasteiger partial charge in [0.15, 0.2) is 9.84 Å². The van der Waals surface area contributed by atoms with Crippen LogP contribution in [0.3, 0.4) is 0 Å². The molecule has 0 N–H and O–H groups in total. The Morgan fingerprint density at radius 3 is 2.47 bits per heavy atom. The van der Waals surface area contributed by atoms with Crippen LogP contribution in [0, 0.1) is 0 Å². The average molecular weight is 277 g/mol. The van der Waals surface area contributed by atoms with E-state index in [9.17, 15) is 13.2 Å². The van der Waals surface area contributed by atoms with Crippen LogP contribution in [0.4, 0.5) is 0 Å². The zero-order valence-electron chi connectivity index (χ0n) is 9.30. The highest BCUT2D eigenvalue weighted by Crippen LogP contribution is 2.15. The molecule has 0 aliphatic rings. The van der Waals surface area contributed by atoms with Gasteiger partial charge in [-0.2, -0.15) is 0 Å². The molecule has 0 bridgehead atoms. The molecular weight excluding hydrogens is 264 g/mol. The third kappa shape index (κ3) is 4.02. The van der Waals surface area contributed by atoms with Gasteiger partial charge in [-0.1, -0.05) is 41.9 Å². The molecule has 1 aromatic carbocycles. The highest BCUT2D eigenvalue weighted by atomic mass is 35.5. The van der Waals surface area contributed by atoms with Crippen molar-refractivity contribution in [2.45, 2.75) is 17.4 Å². The zero-order valence-corrected chi connectivity index (χ0v) is 10.9. The highest BCUT2D eigenvalue weighted by molar-refractivity contribution is 7.93. The zero-order chi connectivity index (χ0) is 12.9. The number of rotatable bonds is 5. The van der Waals surface area contributed by atoms with Crippen molar-refractivity contribution in [1.29, 1.82) is 0 Å². The summed E-state index contributed by atoms with van der Waals surface area (Å²) in [5.74, 6) is -1.20. The predicted octanol–water partition coefficient (Wildman–Crippen LogP) is 1.73. The molecule has 4 nitrogen and oxygen atoms in total. The number of hydrogen-bond acceptors (Lipinski definition) is 4. The van der Waals surface area contributed by atoms with Crippen LogP contribution >= 0.6 is 11.6 Å². The minimum Gasteiger partial charge on any atom is -0.464 e. The first kappa shape index (κ1) is 14.0. The number of esters is 1. The van der Waals surface area contributed by atoms with E-state index in [0.717, 1.165) is 0 Å². The van der Waals surface area contributed by atoms with Crippen molar-refractivity contribution >= 4 is 27.4 Å². The van der Waals surface area contributed by atoms with Gasteiger partial charge in [0.2, 0.25) is 4.71 Å². The third-order valence-corrected chi connectivity index (χ3v) is 4.55. The van der Waals surface area contributed by atoms with E-state index in [0.29, 0.717) is 5.56 Å². The lowest BCUT2D eigenvalue weighted by Gasteiger charge is -2.09. The van der Waals surface area contributed by atoms with E-state index in [4.69, 9.17) is 11.6 Å². The normalized spacial score (nSPS) is 13.1. The van der Waals surface area contributed by atoms with E-state index >= 15 is 0 Å². The molecule has 0 saturated carbocycles. The number of sulfone groups is 1. The molecule has 0 spiro atoms. The molecule has 0 amide bonds. The second-order valence-electron chi connectivity index (χ2n) is 3.36. The standard InChI is InChI=1S/C11H13ClO4S/c1-2-16-11(13)10(12)17(14,15)8-9-6-4-3-5-7-9/h3-7,10H,2,8H2,1H3. The molecule has 0 aliphatic carbocycles. The Morgan fingerprint density at radius 1 is 1.35 bits per heavy atom. The Kier molecular flexibility index (Phi) is 4.96. The van der Waals surface area contributed by atoms with Crippen LogP contribution in [0.25, 0.3) is 0 Å². The second-order valence-corrected chi connectivity index (χ2v) is 6.14. The highest BCUT2D eigenvalue weighted by Gasteiger charge is 2.31. The third-order valence-electron chi connectivity index (χ3n) is 2.00. The molecule has 1 unspecified atom stereocenters. The van der Waals surface area contributed by atoms with Crippen molar-refractivity contribution in [3.05, 3.63) is 35.9 Å². The Hall–Kier alpha value is -1.07. The van der Waals surface area contributed by atoms with Crippen LogP contribution in [0.5, 0.6) is 0 Å². The van der Waals surface area contributed by atoms with E-state index in [1.165, 1.54) is 0 Å². The smallest absolute Gasteiger partial charge is 0.339 e. The van der Waals surface area contributed by atoms with Gasteiger partial charge in [-0.3, -0.25) is 0 Å². The number of alkyl halides is 1. The summed E-state index contributed by atoms with van der Waals surface area (Å²) >= 11 is 5.59. The largest absolute Gasteiger partial charge is 0.464 e. The number of carbonyl (C=O) groups is 1. The van der Waals surface area contributed by atoms with E-state index in [1.807, 2.05) is 0 Å². The Labute approximate surface area is 105 Å². The molecule has 1 aromatic rings. The summed E-state index contributed by atoms with van der Waals surface area (Å²) in [5.41, 5.74) is 0.586. The van der Waals surface area contributed by atoms with Crippen molar-refractivity contribution in [1.82, 2.24) is 0 Å². The minimum absolute atomic E-state index is 0.100. The molecule has 0 heterocycles. The molecule has 0 aromatic heterocycles. The van der Waals surface area contributed by atoms with Gasteiger partial charge in [0, 0.05) is 0 Å². The number of ether oxygens (including phenoxy) is 1. The van der Waals surface area contributed by atoms with Crippen LogP contribution in [0.2, 0.25) is 0 Å². The molecule has 0 aliphatic heterocycles. The number of hydrogen-bond donors (Lipinski definition) is 0. The fourth-order valence-corrected chi connectivity index (χ4v) is 2.65. The van der Waals surface area contributed by atoms with Gasteiger partial charge < -0.3 is 4.74 Å². The molecule has 0 fully saturated rings. The van der Waals surface area contributed by atoms with Crippen molar-refractivity contribution in [3.8, 4) is 0 Å². The Bertz CT molecular complexity index is 470. The maximum Gasteiger partial charge on any atom is 0.339 e. The van der Waals surface area contributed by atoms with Gasteiger partial charge in [0.25, 0.3) is 0 Å².